The van der Waals surface area contributed by atoms with Crippen LogP contribution in [0.4, 0.5) is 0 Å². The van der Waals surface area contributed by atoms with Gasteiger partial charge in [-0.1, -0.05) is 38.9 Å². The Labute approximate surface area is 103 Å². The third-order valence-electron chi connectivity index (χ3n) is 3.10. The van der Waals surface area contributed by atoms with Crippen LogP contribution in [-0.4, -0.2) is 24.5 Å². The van der Waals surface area contributed by atoms with Crippen molar-refractivity contribution in [2.24, 2.45) is 0 Å². The largest absolute Gasteiger partial charge is 0.384 e. The van der Waals surface area contributed by atoms with Gasteiger partial charge >= 0.3 is 0 Å². The summed E-state index contributed by atoms with van der Waals surface area (Å²) < 4.78 is 0. The molecule has 0 radical (unpaired) electrons. The summed E-state index contributed by atoms with van der Waals surface area (Å²) in [6.07, 6.45) is 1.19. The molecule has 0 aliphatic heterocycles. The summed E-state index contributed by atoms with van der Waals surface area (Å²) in [4.78, 5) is 11.0. The second kappa shape index (κ2) is 7.05. The summed E-state index contributed by atoms with van der Waals surface area (Å²) in [5.41, 5.74) is -0.256. The molecule has 0 fully saturated rings. The van der Waals surface area contributed by atoms with Gasteiger partial charge in [0, 0.05) is 12.0 Å². The number of nitriles is 1. The van der Waals surface area contributed by atoms with E-state index >= 15 is 0 Å². The topological polar surface area (TPSA) is 61.1 Å². The monoisotopic (exact) mass is 261 g/mol. The normalized spacial score (nSPS) is 15.2. The Morgan fingerprint density at radius 3 is 2.50 bits per heavy atom. The van der Waals surface area contributed by atoms with Gasteiger partial charge in [0.15, 0.2) is 0 Å². The van der Waals surface area contributed by atoms with Crippen molar-refractivity contribution in [3.05, 3.63) is 0 Å². The van der Waals surface area contributed by atoms with E-state index in [1.165, 1.54) is 0 Å². The predicted molar refractivity (Wildman–Crippen MR) is 68.0 cm³/mol. The fraction of sp³-hybridized carbons (Fsp3) is 0.818. The molecule has 0 aliphatic rings. The molecule has 0 aromatic rings. The second-order valence-electron chi connectivity index (χ2n) is 4.81. The zero-order valence-electron chi connectivity index (χ0n) is 10.2. The molecule has 0 saturated carbocycles. The average molecular weight is 262 g/mol. The molecule has 0 saturated heterocycles. The van der Waals surface area contributed by atoms with Crippen molar-refractivity contribution in [3.8, 4) is 6.07 Å². The van der Waals surface area contributed by atoms with E-state index in [2.05, 4.69) is 20.0 Å². The Kier molecular flexibility index (Phi) is 6.89. The van der Waals surface area contributed by atoms with Gasteiger partial charge in [-0.25, -0.2) is 0 Å². The first-order valence-electron chi connectivity index (χ1n) is 5.61. The number of nitrogens with zero attached hydrogens (tertiary/aromatic N) is 1. The van der Waals surface area contributed by atoms with Gasteiger partial charge in [0.1, 0.15) is 6.10 Å². The van der Waals surface area contributed by atoms with Gasteiger partial charge < -0.3 is 5.11 Å². The van der Waals surface area contributed by atoms with Gasteiger partial charge in [0.25, 0.3) is 0 Å². The summed E-state index contributed by atoms with van der Waals surface area (Å²) >= 11 is 5.32. The molecule has 5 heteroatoms. The zero-order chi connectivity index (χ0) is 12.8. The molecule has 0 aliphatic carbocycles. The number of aliphatic hydroxyl groups excluding tert-OH is 1. The van der Waals surface area contributed by atoms with E-state index in [9.17, 15) is 9.90 Å². The van der Waals surface area contributed by atoms with Crippen LogP contribution in [0.25, 0.3) is 0 Å². The number of carbonyl (C=O) groups excluding carboxylic acids is 1. The van der Waals surface area contributed by atoms with Gasteiger partial charge in [-0.3, -0.25) is 4.79 Å². The molecule has 0 rings (SSSR count). The molecule has 0 amide bonds. The molecular weight excluding hydrogens is 242 g/mol. The fourth-order valence-electron chi connectivity index (χ4n) is 1.89. The number of unbranched alkanes of at least 4 members (excludes halogenated alkanes) is 1. The highest BCUT2D eigenvalue weighted by atomic mass is 35.5. The smallest absolute Gasteiger partial charge is 0.250 e. The van der Waals surface area contributed by atoms with Gasteiger partial charge in [-0.05, 0) is 11.6 Å². The van der Waals surface area contributed by atoms with Gasteiger partial charge in [-0.2, -0.15) is 5.26 Å². The maximum Gasteiger partial charge on any atom is 0.250 e. The van der Waals surface area contributed by atoms with Crippen LogP contribution in [-0.2, 0) is 4.79 Å². The van der Waals surface area contributed by atoms with Crippen molar-refractivity contribution < 1.29 is 9.90 Å². The van der Waals surface area contributed by atoms with E-state index in [1.54, 1.807) is 0 Å². The maximum absolute atomic E-state index is 11.0. The molecule has 92 valence electrons. The van der Waals surface area contributed by atoms with E-state index < -0.39 is 19.4 Å². The first-order chi connectivity index (χ1) is 7.36. The van der Waals surface area contributed by atoms with E-state index in [1.807, 2.05) is 6.07 Å². The van der Waals surface area contributed by atoms with Crippen LogP contribution in [0.2, 0.25) is 24.7 Å². The molecule has 0 aromatic carbocycles. The van der Waals surface area contributed by atoms with Crippen molar-refractivity contribution >= 4 is 24.9 Å². The van der Waals surface area contributed by atoms with Crippen LogP contribution in [0.5, 0.6) is 0 Å². The molecule has 1 unspecified atom stereocenters. The van der Waals surface area contributed by atoms with Gasteiger partial charge in [0.05, 0.1) is 14.1 Å². The molecule has 1 N–H and O–H groups in total. The van der Waals surface area contributed by atoms with Crippen molar-refractivity contribution in [2.45, 2.75) is 57.0 Å². The SMILES string of the molecule is CCCC[Si](C)(C)[C@H](CC#N)C(O)C(=O)Cl. The van der Waals surface area contributed by atoms with E-state index in [0.29, 0.717) is 0 Å². The van der Waals surface area contributed by atoms with E-state index in [0.717, 1.165) is 18.9 Å². The highest BCUT2D eigenvalue weighted by molar-refractivity contribution is 6.80. The Morgan fingerprint density at radius 2 is 2.12 bits per heavy atom. The number of hydrogen-bond donors (Lipinski definition) is 1. The van der Waals surface area contributed by atoms with Crippen molar-refractivity contribution in [1.82, 2.24) is 0 Å². The van der Waals surface area contributed by atoms with Crippen molar-refractivity contribution in [3.63, 3.8) is 0 Å². The molecule has 0 aromatic heterocycles. The summed E-state index contributed by atoms with van der Waals surface area (Å²) in [5, 5.41) is 17.8. The highest BCUT2D eigenvalue weighted by Gasteiger charge is 2.38. The lowest BCUT2D eigenvalue weighted by atomic mass is 10.2. The van der Waals surface area contributed by atoms with Crippen molar-refractivity contribution in [2.75, 3.05) is 0 Å². The van der Waals surface area contributed by atoms with Crippen LogP contribution in [0.15, 0.2) is 0 Å². The first kappa shape index (κ1) is 15.6. The Hall–Kier alpha value is -0.373. The highest BCUT2D eigenvalue weighted by Crippen LogP contribution is 2.34. The number of aliphatic hydroxyl groups is 1. The number of rotatable bonds is 7. The summed E-state index contributed by atoms with van der Waals surface area (Å²) in [5.74, 6) is 0. The maximum atomic E-state index is 11.0. The lowest BCUT2D eigenvalue weighted by Gasteiger charge is -2.33. The van der Waals surface area contributed by atoms with Gasteiger partial charge in [-0.15, -0.1) is 0 Å². The molecular formula is C11H20ClNO2Si. The molecule has 16 heavy (non-hydrogen) atoms. The molecule has 0 spiro atoms. The molecule has 0 bridgehead atoms. The minimum Gasteiger partial charge on any atom is -0.384 e. The standard InChI is InChI=1S/C11H20ClNO2Si/c1-4-5-8-16(2,3)9(6-7-13)10(14)11(12)15/h9-10,14H,4-6,8H2,1-3H3/t9-,10?/m1/s1. The van der Waals surface area contributed by atoms with E-state index in [-0.39, 0.29) is 12.0 Å². The Morgan fingerprint density at radius 1 is 1.56 bits per heavy atom. The third kappa shape index (κ3) is 4.65. The van der Waals surface area contributed by atoms with Crippen LogP contribution in [0.3, 0.4) is 0 Å². The van der Waals surface area contributed by atoms with Crippen LogP contribution in [0.1, 0.15) is 26.2 Å². The number of halogens is 1. The Balaban J connectivity index is 4.75. The van der Waals surface area contributed by atoms with Gasteiger partial charge in [0.2, 0.25) is 5.24 Å². The van der Waals surface area contributed by atoms with Crippen LogP contribution >= 0.6 is 11.6 Å². The summed E-state index contributed by atoms with van der Waals surface area (Å²) in [7, 11) is -1.78. The molecule has 3 nitrogen and oxygen atoms in total. The Bertz CT molecular complexity index is 276. The van der Waals surface area contributed by atoms with E-state index in [4.69, 9.17) is 16.9 Å². The minimum absolute atomic E-state index is 0.211. The quantitative estimate of drug-likeness (QED) is 0.566. The predicted octanol–water partition coefficient (Wildman–Crippen LogP) is 2.91. The van der Waals surface area contributed by atoms with Crippen molar-refractivity contribution in [1.29, 1.82) is 5.26 Å². The first-order valence-corrected chi connectivity index (χ1v) is 9.27. The molecule has 2 atom stereocenters. The fourth-order valence-corrected chi connectivity index (χ4v) is 5.43. The zero-order valence-corrected chi connectivity index (χ0v) is 11.9. The van der Waals surface area contributed by atoms with Crippen LogP contribution < -0.4 is 0 Å². The summed E-state index contributed by atoms with van der Waals surface area (Å²) in [6, 6.07) is 3.06. The second-order valence-corrected chi connectivity index (χ2v) is 10.4. The number of carbonyl (C=O) groups is 1. The lowest BCUT2D eigenvalue weighted by Crippen LogP contribution is -2.41. The minimum atomic E-state index is -1.78. The number of hydrogen-bond acceptors (Lipinski definition) is 3. The van der Waals surface area contributed by atoms with Crippen LogP contribution in [0, 0.1) is 11.3 Å². The molecule has 0 heterocycles. The third-order valence-corrected chi connectivity index (χ3v) is 7.50. The lowest BCUT2D eigenvalue weighted by molar-refractivity contribution is -0.119. The summed E-state index contributed by atoms with van der Waals surface area (Å²) in [6.45, 7) is 6.31. The average Bonchev–Trinajstić information content (AvgIpc) is 2.21.